The van der Waals surface area contributed by atoms with Crippen molar-refractivity contribution in [2.45, 2.75) is 233 Å². The molecule has 20 unspecified atom stereocenters. The van der Waals surface area contributed by atoms with Crippen LogP contribution >= 0.6 is 11.8 Å². The van der Waals surface area contributed by atoms with Crippen molar-refractivity contribution in [3.8, 4) is 0 Å². The van der Waals surface area contributed by atoms with Crippen molar-refractivity contribution in [3.63, 3.8) is 0 Å². The Morgan fingerprint density at radius 2 is 0.456 bits per heavy atom. The normalized spacial score (nSPS) is 25.2. The van der Waals surface area contributed by atoms with Gasteiger partial charge in [0.25, 0.3) is 8.32 Å². The lowest BCUT2D eigenvalue weighted by Crippen LogP contribution is -2.69. The first kappa shape index (κ1) is 99.7. The van der Waals surface area contributed by atoms with Crippen LogP contribution in [0.1, 0.15) is 93.0 Å². The van der Waals surface area contributed by atoms with Crippen LogP contribution in [0.5, 0.6) is 0 Å². The third-order valence-electron chi connectivity index (χ3n) is 24.0. The standard InChI is InChI=1S/C110H120O24SSi/c1-75(111)127-94-90(132-107(103(120-68-84-51-29-13-30-52-84)99(94)116-64-80-43-21-9-22-44-80)125-73-92-96(129-77(3)113)101(118-66-82-47-25-11-26-48-82)105(122-70-86-55-33-15-34-56-86)109(134-92)135-87-57-35-16-36-58-87)71-123-106-102(119-67-83-49-27-12-28-50-83)98(115-63-79-41-19-8-20-42-79)95(128-76(2)112)91(131-106)72-124-108-104(121-69-85-53-31-14-32-54-85)100(117-65-81-45-23-10-24-46-81)97(130-78(4)114)93(133-108)74-126-136(110(5,6)7,88-59-37-17-38-60-88)89-61-39-18-40-62-89/h8-62,90-109H,63-74H2,1-7H3. The topological polar surface area (TPSA) is 253 Å². The minimum atomic E-state index is -3.41. The van der Waals surface area contributed by atoms with Gasteiger partial charge in [0.1, 0.15) is 78.7 Å². The Kier molecular flexibility index (Phi) is 36.7. The second-order valence-corrected chi connectivity index (χ2v) is 40.4. The number of carbonyl (C=O) groups excluding carboxylic acids is 4. The number of thioether (sulfide) groups is 1. The first-order valence-electron chi connectivity index (χ1n) is 46.2. The lowest BCUT2D eigenvalue weighted by atomic mass is 9.96. The summed E-state index contributed by atoms with van der Waals surface area (Å²) in [5, 5.41) is 1.46. The molecule has 0 spiro atoms. The lowest BCUT2D eigenvalue weighted by Gasteiger charge is -2.49. The first-order chi connectivity index (χ1) is 66.4. The number of ether oxygens (including phenoxy) is 19. The van der Waals surface area contributed by atoms with Gasteiger partial charge in [-0.3, -0.25) is 19.2 Å². The van der Waals surface area contributed by atoms with Gasteiger partial charge in [-0.2, -0.15) is 0 Å². The van der Waals surface area contributed by atoms with Crippen LogP contribution in [-0.2, 0) is 166 Å². The van der Waals surface area contributed by atoms with Gasteiger partial charge in [0, 0.05) is 32.6 Å². The summed E-state index contributed by atoms with van der Waals surface area (Å²) in [6.45, 7) is 10.5. The molecule has 4 saturated heterocycles. The Morgan fingerprint density at radius 1 is 0.250 bits per heavy atom. The van der Waals surface area contributed by atoms with E-state index in [-0.39, 0.29) is 66.1 Å². The highest BCUT2D eigenvalue weighted by molar-refractivity contribution is 7.99. The van der Waals surface area contributed by atoms with E-state index in [0.717, 1.165) is 59.8 Å². The van der Waals surface area contributed by atoms with E-state index in [1.807, 2.05) is 309 Å². The molecule has 136 heavy (non-hydrogen) atoms. The van der Waals surface area contributed by atoms with Crippen LogP contribution in [0.2, 0.25) is 5.04 Å². The molecule has 11 aromatic rings. The highest BCUT2D eigenvalue weighted by Crippen LogP contribution is 2.43. The third kappa shape index (κ3) is 27.4. The Morgan fingerprint density at radius 3 is 0.699 bits per heavy atom. The van der Waals surface area contributed by atoms with Crippen molar-refractivity contribution in [2.75, 3.05) is 26.4 Å². The van der Waals surface area contributed by atoms with Gasteiger partial charge in [0.2, 0.25) is 0 Å². The largest absolute Gasteiger partial charge is 0.457 e. The van der Waals surface area contributed by atoms with E-state index in [2.05, 4.69) is 45.0 Å². The maximum absolute atomic E-state index is 14.3. The minimum absolute atomic E-state index is 0.00674. The summed E-state index contributed by atoms with van der Waals surface area (Å²) in [7, 11) is -3.41. The van der Waals surface area contributed by atoms with E-state index in [1.54, 1.807) is 0 Å². The Labute approximate surface area is 801 Å². The van der Waals surface area contributed by atoms with Crippen LogP contribution in [0, 0.1) is 0 Å². The molecule has 0 radical (unpaired) electrons. The van der Waals surface area contributed by atoms with E-state index in [9.17, 15) is 19.2 Å². The SMILES string of the molecule is CC(=O)OC1C(COC2OC(CO[Si](c3ccccc3)(c3ccccc3)C(C)(C)C)C(OC(C)=O)C(OCc3ccccc3)C2OCc2ccccc2)OC(OCC2OC(OCC3OC(Sc4ccccc4)C(OCc4ccccc4)C(OCc4ccccc4)C3OC(C)=O)C(OCc3ccccc3)C(OCc3ccccc3)C2OC(C)=O)C(OCc2ccccc2)C1OCc1ccccc1. The summed E-state index contributed by atoms with van der Waals surface area (Å²) in [5.74, 6) is -2.64. The van der Waals surface area contributed by atoms with Crippen LogP contribution in [0.3, 0.4) is 0 Å². The molecule has 0 N–H and O–H groups in total. The summed E-state index contributed by atoms with van der Waals surface area (Å²) in [5.41, 5.74) is 5.59. The summed E-state index contributed by atoms with van der Waals surface area (Å²) >= 11 is 1.42. The van der Waals surface area contributed by atoms with Gasteiger partial charge in [0.05, 0.1) is 79.3 Å². The monoisotopic (exact) mass is 1880 g/mol. The highest BCUT2D eigenvalue weighted by Gasteiger charge is 2.59. The Balaban J connectivity index is 0.823. The molecule has 0 amide bonds. The fourth-order valence-corrected chi connectivity index (χ4v) is 23.4. The number of benzene rings is 11. The molecule has 0 saturated carbocycles. The van der Waals surface area contributed by atoms with Gasteiger partial charge in [-0.25, -0.2) is 0 Å². The molecule has 0 aliphatic carbocycles. The van der Waals surface area contributed by atoms with E-state index in [4.69, 9.17) is 94.4 Å². The van der Waals surface area contributed by atoms with Crippen LogP contribution in [0.15, 0.2) is 339 Å². The van der Waals surface area contributed by atoms with Gasteiger partial charge >= 0.3 is 23.9 Å². The minimum Gasteiger partial charge on any atom is -0.457 e. The number of carbonyl (C=O) groups is 4. The maximum Gasteiger partial charge on any atom is 0.303 e. The summed E-state index contributed by atoms with van der Waals surface area (Å²) < 4.78 is 142. The molecule has 24 nitrogen and oxygen atoms in total. The average molecular weight is 1890 g/mol. The van der Waals surface area contributed by atoms with Crippen molar-refractivity contribution in [2.24, 2.45) is 0 Å². The van der Waals surface area contributed by atoms with Gasteiger partial charge in [0.15, 0.2) is 43.3 Å². The molecule has 11 aromatic carbocycles. The first-order valence-corrected chi connectivity index (χ1v) is 49.0. The van der Waals surface area contributed by atoms with Crippen LogP contribution in [0.4, 0.5) is 0 Å². The Bertz CT molecular complexity index is 5350. The number of rotatable bonds is 44. The van der Waals surface area contributed by atoms with E-state index >= 15 is 0 Å². The summed E-state index contributed by atoms with van der Waals surface area (Å²) in [4.78, 5) is 57.3. The molecule has 20 atom stereocenters. The fourth-order valence-electron chi connectivity index (χ4n) is 17.7. The number of hydrogen-bond acceptors (Lipinski definition) is 25. The second kappa shape index (κ2) is 50.0. The zero-order valence-corrected chi connectivity index (χ0v) is 79.3. The molecule has 0 bridgehead atoms. The quantitative estimate of drug-likeness (QED) is 0.0195. The second-order valence-electron chi connectivity index (χ2n) is 35.0. The van der Waals surface area contributed by atoms with Gasteiger partial charge in [-0.1, -0.05) is 354 Å². The molecule has 4 aliphatic rings. The molecule has 4 fully saturated rings. The maximum atomic E-state index is 14.3. The molecule has 714 valence electrons. The van der Waals surface area contributed by atoms with Crippen molar-refractivity contribution in [1.82, 2.24) is 0 Å². The van der Waals surface area contributed by atoms with Crippen LogP contribution in [0.25, 0.3) is 0 Å². The predicted octanol–water partition coefficient (Wildman–Crippen LogP) is 16.7. The molecule has 15 rings (SSSR count). The molecule has 4 heterocycles. The van der Waals surface area contributed by atoms with Crippen molar-refractivity contribution in [3.05, 3.63) is 378 Å². The molecule has 4 aliphatic heterocycles. The van der Waals surface area contributed by atoms with Crippen molar-refractivity contribution in [1.29, 1.82) is 0 Å². The zero-order valence-electron chi connectivity index (χ0n) is 77.5. The summed E-state index contributed by atoms with van der Waals surface area (Å²) in [6, 6.07) is 107. The highest BCUT2D eigenvalue weighted by atomic mass is 32.2. The smallest absolute Gasteiger partial charge is 0.303 e. The Hall–Kier alpha value is -10.8. The van der Waals surface area contributed by atoms with Gasteiger partial charge in [-0.05, 0) is 72.1 Å². The predicted molar refractivity (Wildman–Crippen MR) is 511 cm³/mol. The van der Waals surface area contributed by atoms with E-state index in [0.29, 0.717) is 0 Å². The van der Waals surface area contributed by atoms with Crippen LogP contribution in [-0.4, -0.2) is 181 Å². The lowest BCUT2D eigenvalue weighted by molar-refractivity contribution is -0.358. The average Bonchev–Trinajstić information content (AvgIpc) is 0.739. The number of hydrogen-bond donors (Lipinski definition) is 0. The molecule has 26 heteroatoms. The fraction of sp³-hybridized carbons (Fsp3) is 0.364. The summed E-state index contributed by atoms with van der Waals surface area (Å²) in [6.07, 6.45) is -23.8. The van der Waals surface area contributed by atoms with E-state index in [1.165, 1.54) is 39.5 Å². The van der Waals surface area contributed by atoms with Crippen molar-refractivity contribution >= 4 is 54.3 Å². The molecular formula is C110H120O24SSi. The molecular weight excluding hydrogens is 1770 g/mol. The van der Waals surface area contributed by atoms with Crippen LogP contribution < -0.4 is 10.4 Å². The molecule has 0 aromatic heterocycles. The van der Waals surface area contributed by atoms with Crippen molar-refractivity contribution < 1.29 is 114 Å². The van der Waals surface area contributed by atoms with Gasteiger partial charge < -0.3 is 94.4 Å². The zero-order chi connectivity index (χ0) is 94.4. The van der Waals surface area contributed by atoms with Gasteiger partial charge in [-0.15, -0.1) is 0 Å². The third-order valence-corrected chi connectivity index (χ3v) is 30.2. The van der Waals surface area contributed by atoms with E-state index < -0.39 is 172 Å². The number of esters is 4.